The molecule has 0 saturated carbocycles. The van der Waals surface area contributed by atoms with Crippen molar-refractivity contribution >= 4 is 11.9 Å². The molecule has 8 nitrogen and oxygen atoms in total. The molecule has 0 aliphatic heterocycles. The van der Waals surface area contributed by atoms with Gasteiger partial charge >= 0.3 is 11.9 Å². The zero-order valence-corrected chi connectivity index (χ0v) is 11.0. The first-order valence-corrected chi connectivity index (χ1v) is 3.55. The summed E-state index contributed by atoms with van der Waals surface area (Å²) >= 11 is 0. The summed E-state index contributed by atoms with van der Waals surface area (Å²) in [4.78, 5) is 19.3. The summed E-state index contributed by atoms with van der Waals surface area (Å²) in [5.41, 5.74) is 9.53. The SMILES string of the molecule is N[C@H](CO)C(=O)O.N[C@H](CO)C(=O)O.[Zn]. The molecule has 0 bridgehead atoms. The van der Waals surface area contributed by atoms with Crippen molar-refractivity contribution in [1.29, 1.82) is 0 Å². The minimum absolute atomic E-state index is 0. The second-order valence-electron chi connectivity index (χ2n) is 2.25. The van der Waals surface area contributed by atoms with Crippen molar-refractivity contribution in [3.05, 3.63) is 0 Å². The van der Waals surface area contributed by atoms with Gasteiger partial charge in [0.05, 0.1) is 13.2 Å². The molecule has 0 aromatic heterocycles. The van der Waals surface area contributed by atoms with Crippen molar-refractivity contribution in [2.24, 2.45) is 11.5 Å². The molecule has 0 aliphatic carbocycles. The van der Waals surface area contributed by atoms with Crippen LogP contribution in [0.3, 0.4) is 0 Å². The fourth-order valence-electron chi connectivity index (χ4n) is 0.156. The van der Waals surface area contributed by atoms with Crippen LogP contribution in [0.5, 0.6) is 0 Å². The zero-order valence-electron chi connectivity index (χ0n) is 8.04. The van der Waals surface area contributed by atoms with E-state index in [1.165, 1.54) is 0 Å². The molecule has 0 saturated heterocycles. The normalized spacial score (nSPS) is 12.5. The Morgan fingerprint density at radius 3 is 1.13 bits per heavy atom. The van der Waals surface area contributed by atoms with Gasteiger partial charge in [0.15, 0.2) is 0 Å². The fourth-order valence-corrected chi connectivity index (χ4v) is 0.156. The zero-order chi connectivity index (χ0) is 11.7. The van der Waals surface area contributed by atoms with Gasteiger partial charge in [0.2, 0.25) is 0 Å². The van der Waals surface area contributed by atoms with E-state index in [0.29, 0.717) is 0 Å². The monoisotopic (exact) mass is 274 g/mol. The topological polar surface area (TPSA) is 167 Å². The smallest absolute Gasteiger partial charge is 0.322 e. The maximum absolute atomic E-state index is 9.65. The Bertz CT molecular complexity index is 170. The Kier molecular flexibility index (Phi) is 15.2. The number of hydrogen-bond acceptors (Lipinski definition) is 6. The molecule has 8 N–H and O–H groups in total. The van der Waals surface area contributed by atoms with Gasteiger partial charge in [0.1, 0.15) is 12.1 Å². The Balaban J connectivity index is -0.000000180. The van der Waals surface area contributed by atoms with Crippen molar-refractivity contribution < 1.29 is 49.5 Å². The van der Waals surface area contributed by atoms with Crippen LogP contribution in [0.25, 0.3) is 0 Å². The van der Waals surface area contributed by atoms with Gasteiger partial charge in [-0.25, -0.2) is 0 Å². The van der Waals surface area contributed by atoms with Crippen LogP contribution in [0, 0.1) is 0 Å². The van der Waals surface area contributed by atoms with Gasteiger partial charge in [-0.2, -0.15) is 0 Å². The summed E-state index contributed by atoms with van der Waals surface area (Å²) in [7, 11) is 0. The second-order valence-corrected chi connectivity index (χ2v) is 2.25. The van der Waals surface area contributed by atoms with Crippen LogP contribution in [0.15, 0.2) is 0 Å². The molecule has 0 radical (unpaired) electrons. The largest absolute Gasteiger partial charge is 0.480 e. The van der Waals surface area contributed by atoms with Crippen molar-refractivity contribution in [2.45, 2.75) is 12.1 Å². The summed E-state index contributed by atoms with van der Waals surface area (Å²) in [6.07, 6.45) is 0. The molecule has 0 spiro atoms. The summed E-state index contributed by atoms with van der Waals surface area (Å²) in [5, 5.41) is 31.8. The number of carbonyl (C=O) groups is 2. The average Bonchev–Trinajstić information content (AvgIpc) is 2.15. The molecule has 0 aliphatic rings. The predicted octanol–water partition coefficient (Wildman–Crippen LogP) is -3.22. The second kappa shape index (κ2) is 11.5. The van der Waals surface area contributed by atoms with Crippen molar-refractivity contribution in [1.82, 2.24) is 0 Å². The molecule has 2 atom stereocenters. The van der Waals surface area contributed by atoms with E-state index in [-0.39, 0.29) is 19.5 Å². The van der Waals surface area contributed by atoms with Crippen LogP contribution in [0.2, 0.25) is 0 Å². The van der Waals surface area contributed by atoms with Crippen LogP contribution in [-0.4, -0.2) is 57.7 Å². The molecule has 0 aromatic carbocycles. The van der Waals surface area contributed by atoms with E-state index in [2.05, 4.69) is 0 Å². The van der Waals surface area contributed by atoms with E-state index < -0.39 is 37.2 Å². The van der Waals surface area contributed by atoms with E-state index in [4.69, 9.17) is 31.9 Å². The first-order valence-electron chi connectivity index (χ1n) is 3.55. The molecule has 0 rings (SSSR count). The first-order chi connectivity index (χ1) is 6.36. The molecule has 0 unspecified atom stereocenters. The Labute approximate surface area is 98.6 Å². The Morgan fingerprint density at radius 1 is 0.933 bits per heavy atom. The van der Waals surface area contributed by atoms with E-state index in [0.717, 1.165) is 0 Å². The predicted molar refractivity (Wildman–Crippen MR) is 45.4 cm³/mol. The first kappa shape index (κ1) is 19.9. The molecule has 0 heterocycles. The van der Waals surface area contributed by atoms with Crippen LogP contribution in [0.4, 0.5) is 0 Å². The van der Waals surface area contributed by atoms with Crippen LogP contribution in [0.1, 0.15) is 0 Å². The maximum Gasteiger partial charge on any atom is 0.322 e. The van der Waals surface area contributed by atoms with Gasteiger partial charge in [-0.3, -0.25) is 9.59 Å². The van der Waals surface area contributed by atoms with Gasteiger partial charge in [0, 0.05) is 19.5 Å². The Morgan fingerprint density at radius 2 is 1.13 bits per heavy atom. The van der Waals surface area contributed by atoms with Crippen LogP contribution in [-0.2, 0) is 29.1 Å². The summed E-state index contributed by atoms with van der Waals surface area (Å²) < 4.78 is 0. The number of aliphatic hydroxyl groups is 2. The summed E-state index contributed by atoms with van der Waals surface area (Å²) in [6, 6.07) is -2.25. The number of rotatable bonds is 4. The quantitative estimate of drug-likeness (QED) is 0.291. The van der Waals surface area contributed by atoms with Gasteiger partial charge in [-0.05, 0) is 0 Å². The number of aliphatic carboxylic acids is 2. The van der Waals surface area contributed by atoms with E-state index in [1.807, 2.05) is 0 Å². The average molecular weight is 276 g/mol. The third-order valence-corrected chi connectivity index (χ3v) is 1.03. The van der Waals surface area contributed by atoms with E-state index in [1.54, 1.807) is 0 Å². The summed E-state index contributed by atoms with van der Waals surface area (Å²) in [5.74, 6) is -2.36. The van der Waals surface area contributed by atoms with Gasteiger partial charge < -0.3 is 31.9 Å². The third kappa shape index (κ3) is 13.4. The minimum atomic E-state index is -1.18. The molecule has 0 amide bonds. The van der Waals surface area contributed by atoms with Gasteiger partial charge in [-0.1, -0.05) is 0 Å². The molecule has 86 valence electrons. The van der Waals surface area contributed by atoms with Gasteiger partial charge in [0.25, 0.3) is 0 Å². The fraction of sp³-hybridized carbons (Fsp3) is 0.667. The number of carboxylic acids is 2. The van der Waals surface area contributed by atoms with Crippen LogP contribution < -0.4 is 11.5 Å². The van der Waals surface area contributed by atoms with E-state index in [9.17, 15) is 9.59 Å². The number of hydrogen-bond donors (Lipinski definition) is 6. The molecule has 9 heteroatoms. The van der Waals surface area contributed by atoms with E-state index >= 15 is 0 Å². The third-order valence-electron chi connectivity index (χ3n) is 1.03. The number of carboxylic acid groups (broad SMARTS) is 2. The molecular formula is C6H14N2O6Zn. The van der Waals surface area contributed by atoms with Crippen molar-refractivity contribution in [2.75, 3.05) is 13.2 Å². The number of aliphatic hydroxyl groups excluding tert-OH is 2. The standard InChI is InChI=1S/2C3H7NO3.Zn/c2*4-2(1-5)3(6)7;/h2*2,5H,1,4H2,(H,6,7);/t2*2-;/m11./s1. The molecule has 0 fully saturated rings. The maximum atomic E-state index is 9.65. The van der Waals surface area contributed by atoms with Crippen LogP contribution >= 0.6 is 0 Å². The minimum Gasteiger partial charge on any atom is -0.480 e. The van der Waals surface area contributed by atoms with Crippen molar-refractivity contribution in [3.63, 3.8) is 0 Å². The Hall–Kier alpha value is -0.597. The number of nitrogens with two attached hydrogens (primary N) is 2. The molecule has 15 heavy (non-hydrogen) atoms. The van der Waals surface area contributed by atoms with Crippen molar-refractivity contribution in [3.8, 4) is 0 Å². The molecule has 0 aromatic rings. The molecular weight excluding hydrogens is 261 g/mol. The summed E-state index contributed by atoms with van der Waals surface area (Å²) in [6.45, 7) is -1.01. The van der Waals surface area contributed by atoms with Gasteiger partial charge in [-0.15, -0.1) is 0 Å².